The molecule has 32 heavy (non-hydrogen) atoms. The number of hydrogen-bond acceptors (Lipinski definition) is 8. The van der Waals surface area contributed by atoms with Crippen LogP contribution in [-0.4, -0.2) is 88.6 Å². The number of carboxylic acid groups (broad SMARTS) is 1. The number of aliphatic hydroxyl groups is 1. The van der Waals surface area contributed by atoms with E-state index < -0.39 is 59.9 Å². The summed E-state index contributed by atoms with van der Waals surface area (Å²) in [5.74, 6) is -3.51. The highest BCUT2D eigenvalue weighted by Gasteiger charge is 2.33. The van der Waals surface area contributed by atoms with E-state index >= 15 is 0 Å². The maximum absolute atomic E-state index is 12.8. The largest absolute Gasteiger partial charge is 0.480 e. The number of primary amides is 1. The molecular weight excluding hydrogens is 442 g/mol. The third-order valence-electron chi connectivity index (χ3n) is 4.98. The minimum Gasteiger partial charge on any atom is -0.480 e. The van der Waals surface area contributed by atoms with Gasteiger partial charge < -0.3 is 37.2 Å². The number of carboxylic acids is 1. The topological polar surface area (TPSA) is 200 Å². The Kier molecular flexibility index (Phi) is 12.0. The Labute approximate surface area is 190 Å². The van der Waals surface area contributed by atoms with Gasteiger partial charge in [-0.3, -0.25) is 19.2 Å². The fourth-order valence-corrected chi connectivity index (χ4v) is 3.62. The van der Waals surface area contributed by atoms with Crippen molar-refractivity contribution in [2.75, 3.05) is 18.6 Å². The van der Waals surface area contributed by atoms with Crippen LogP contribution in [-0.2, 0) is 24.0 Å². The number of thioether (sulfide) groups is 1. The molecule has 1 saturated heterocycles. The molecule has 4 amide bonds. The van der Waals surface area contributed by atoms with Crippen LogP contribution in [0.2, 0.25) is 0 Å². The van der Waals surface area contributed by atoms with Gasteiger partial charge in [0.25, 0.3) is 0 Å². The lowest BCUT2D eigenvalue weighted by molar-refractivity contribution is -0.143. The summed E-state index contributed by atoms with van der Waals surface area (Å²) < 4.78 is 0. The zero-order valence-electron chi connectivity index (χ0n) is 18.3. The average molecular weight is 476 g/mol. The van der Waals surface area contributed by atoms with E-state index in [1.54, 1.807) is 6.26 Å². The van der Waals surface area contributed by atoms with E-state index in [2.05, 4.69) is 21.3 Å². The van der Waals surface area contributed by atoms with E-state index in [9.17, 15) is 34.2 Å². The van der Waals surface area contributed by atoms with Crippen molar-refractivity contribution in [2.24, 2.45) is 5.73 Å². The molecule has 12 nitrogen and oxygen atoms in total. The lowest BCUT2D eigenvalue weighted by Crippen LogP contribution is -2.59. The molecular formula is C19H33N5O7S. The van der Waals surface area contributed by atoms with Gasteiger partial charge in [0.1, 0.15) is 18.1 Å². The van der Waals surface area contributed by atoms with Gasteiger partial charge in [0.15, 0.2) is 0 Å². The molecule has 8 N–H and O–H groups in total. The molecule has 1 aliphatic rings. The summed E-state index contributed by atoms with van der Waals surface area (Å²) >= 11 is 1.41. The Hall–Kier alpha value is -2.38. The molecule has 0 aromatic rings. The number of hydrogen-bond donors (Lipinski definition) is 7. The number of aliphatic carboxylic acids is 1. The fourth-order valence-electron chi connectivity index (χ4n) is 3.15. The van der Waals surface area contributed by atoms with E-state index in [4.69, 9.17) is 5.73 Å². The molecule has 1 aliphatic heterocycles. The highest BCUT2D eigenvalue weighted by molar-refractivity contribution is 7.98. The second kappa shape index (κ2) is 13.9. The highest BCUT2D eigenvalue weighted by atomic mass is 32.2. The van der Waals surface area contributed by atoms with Gasteiger partial charge in [0.05, 0.1) is 12.1 Å². The van der Waals surface area contributed by atoms with Crippen LogP contribution in [0.25, 0.3) is 0 Å². The zero-order valence-corrected chi connectivity index (χ0v) is 19.1. The van der Waals surface area contributed by atoms with Gasteiger partial charge in [-0.25, -0.2) is 4.79 Å². The molecule has 0 aromatic carbocycles. The van der Waals surface area contributed by atoms with Crippen molar-refractivity contribution >= 4 is 41.4 Å². The molecule has 1 heterocycles. The van der Waals surface area contributed by atoms with Crippen LogP contribution in [0.1, 0.15) is 39.0 Å². The summed E-state index contributed by atoms with van der Waals surface area (Å²) in [6, 6.07) is -4.29. The Morgan fingerprint density at radius 3 is 2.28 bits per heavy atom. The standard InChI is InChI=1S/C19H33N5O7S/c1-10(25)15(18(29)23-13(19(30)31)7-9-32-2)24-17(28)12(5-6-14(20)26)22-16(27)11-4-3-8-21-11/h10-13,15,21,25H,3-9H2,1-2H3,(H2,20,26)(H,22,27)(H,23,29)(H,24,28)(H,30,31). The lowest BCUT2D eigenvalue weighted by atomic mass is 10.1. The minimum absolute atomic E-state index is 0.0980. The average Bonchev–Trinajstić information content (AvgIpc) is 3.26. The molecule has 5 unspecified atom stereocenters. The summed E-state index contributed by atoms with van der Waals surface area (Å²) in [5, 5.41) is 29.5. The van der Waals surface area contributed by atoms with Crippen molar-refractivity contribution in [3.05, 3.63) is 0 Å². The van der Waals surface area contributed by atoms with Crippen LogP contribution in [0.15, 0.2) is 0 Å². The first-order chi connectivity index (χ1) is 15.1. The summed E-state index contributed by atoms with van der Waals surface area (Å²) in [4.78, 5) is 60.4. The van der Waals surface area contributed by atoms with E-state index in [0.29, 0.717) is 18.7 Å². The Morgan fingerprint density at radius 2 is 1.78 bits per heavy atom. The van der Waals surface area contributed by atoms with E-state index in [0.717, 1.165) is 6.42 Å². The van der Waals surface area contributed by atoms with Crippen LogP contribution in [0.4, 0.5) is 0 Å². The molecule has 13 heteroatoms. The van der Waals surface area contributed by atoms with Crippen molar-refractivity contribution in [1.29, 1.82) is 0 Å². The maximum atomic E-state index is 12.8. The quantitative estimate of drug-likeness (QED) is 0.144. The molecule has 0 spiro atoms. The number of amides is 4. The summed E-state index contributed by atoms with van der Waals surface area (Å²) in [6.45, 7) is 1.93. The van der Waals surface area contributed by atoms with Gasteiger partial charge in [0.2, 0.25) is 23.6 Å². The number of nitrogens with two attached hydrogens (primary N) is 1. The first-order valence-electron chi connectivity index (χ1n) is 10.4. The smallest absolute Gasteiger partial charge is 0.326 e. The molecule has 5 atom stereocenters. The predicted octanol–water partition coefficient (Wildman–Crippen LogP) is -2.32. The van der Waals surface area contributed by atoms with Crippen LogP contribution in [0, 0.1) is 0 Å². The maximum Gasteiger partial charge on any atom is 0.326 e. The number of nitrogens with one attached hydrogen (secondary N) is 4. The molecule has 0 saturated carbocycles. The van der Waals surface area contributed by atoms with Crippen LogP contribution >= 0.6 is 11.8 Å². The van der Waals surface area contributed by atoms with Gasteiger partial charge >= 0.3 is 5.97 Å². The van der Waals surface area contributed by atoms with Crippen molar-refractivity contribution in [1.82, 2.24) is 21.3 Å². The summed E-state index contributed by atoms with van der Waals surface area (Å²) in [6.07, 6.45) is 1.73. The second-order valence-corrected chi connectivity index (χ2v) is 8.61. The van der Waals surface area contributed by atoms with Crippen LogP contribution < -0.4 is 27.0 Å². The molecule has 0 bridgehead atoms. The molecule has 1 fully saturated rings. The van der Waals surface area contributed by atoms with E-state index in [-0.39, 0.29) is 19.3 Å². The summed E-state index contributed by atoms with van der Waals surface area (Å²) in [7, 11) is 0. The molecule has 182 valence electrons. The minimum atomic E-state index is -1.46. The van der Waals surface area contributed by atoms with Crippen LogP contribution in [0.5, 0.6) is 0 Å². The SMILES string of the molecule is CSCCC(NC(=O)C(NC(=O)C(CCC(N)=O)NC(=O)C1CCCN1)C(C)O)C(=O)O. The second-order valence-electron chi connectivity index (χ2n) is 7.62. The van der Waals surface area contributed by atoms with Gasteiger partial charge in [0, 0.05) is 6.42 Å². The Balaban J connectivity index is 2.87. The number of aliphatic hydroxyl groups excluding tert-OH is 1. The first-order valence-corrected chi connectivity index (χ1v) is 11.8. The third kappa shape index (κ3) is 9.40. The van der Waals surface area contributed by atoms with Crippen molar-refractivity contribution in [3.63, 3.8) is 0 Å². The van der Waals surface area contributed by atoms with Crippen molar-refractivity contribution in [2.45, 2.75) is 69.3 Å². The molecule has 0 aromatic heterocycles. The van der Waals surface area contributed by atoms with Crippen LogP contribution in [0.3, 0.4) is 0 Å². The molecule has 1 rings (SSSR count). The predicted molar refractivity (Wildman–Crippen MR) is 118 cm³/mol. The lowest BCUT2D eigenvalue weighted by Gasteiger charge is -2.26. The van der Waals surface area contributed by atoms with E-state index in [1.807, 2.05) is 0 Å². The molecule has 0 aliphatic carbocycles. The monoisotopic (exact) mass is 475 g/mol. The summed E-state index contributed by atoms with van der Waals surface area (Å²) in [5.41, 5.74) is 5.16. The Bertz CT molecular complexity index is 685. The van der Waals surface area contributed by atoms with Gasteiger partial charge in [-0.1, -0.05) is 0 Å². The highest BCUT2D eigenvalue weighted by Crippen LogP contribution is 2.08. The van der Waals surface area contributed by atoms with Gasteiger partial charge in [-0.15, -0.1) is 0 Å². The van der Waals surface area contributed by atoms with Gasteiger partial charge in [-0.05, 0) is 51.2 Å². The molecule has 0 radical (unpaired) electrons. The Morgan fingerprint density at radius 1 is 1.09 bits per heavy atom. The van der Waals surface area contributed by atoms with E-state index in [1.165, 1.54) is 18.7 Å². The third-order valence-corrected chi connectivity index (χ3v) is 5.62. The fraction of sp³-hybridized carbons (Fsp3) is 0.737. The first kappa shape index (κ1) is 27.7. The zero-order chi connectivity index (χ0) is 24.3. The van der Waals surface area contributed by atoms with Gasteiger partial charge in [-0.2, -0.15) is 11.8 Å². The number of rotatable bonds is 14. The number of carbonyl (C=O) groups excluding carboxylic acids is 4. The number of carbonyl (C=O) groups is 5. The van der Waals surface area contributed by atoms with Crippen molar-refractivity contribution < 1.29 is 34.2 Å². The van der Waals surface area contributed by atoms with Crippen molar-refractivity contribution in [3.8, 4) is 0 Å². The normalized spacial score (nSPS) is 19.3.